The fraction of sp³-hybridized carbons (Fsp3) is 0.333. The number of hydrogen-bond acceptors (Lipinski definition) is 3. The summed E-state index contributed by atoms with van der Waals surface area (Å²) in [4.78, 5) is 13.1. The predicted octanol–water partition coefficient (Wildman–Crippen LogP) is 1.62. The van der Waals surface area contributed by atoms with Gasteiger partial charge in [0.2, 0.25) is 5.76 Å². The second-order valence-electron chi connectivity index (χ2n) is 4.53. The van der Waals surface area contributed by atoms with Gasteiger partial charge in [0.25, 0.3) is 0 Å². The highest BCUT2D eigenvalue weighted by atomic mass is 19.3. The van der Waals surface area contributed by atoms with Crippen molar-refractivity contribution in [2.24, 2.45) is 0 Å². The maximum Gasteiger partial charge on any atom is 0.385 e. The van der Waals surface area contributed by atoms with Gasteiger partial charge in [0.1, 0.15) is 0 Å². The molecule has 0 saturated carbocycles. The van der Waals surface area contributed by atoms with Crippen molar-refractivity contribution in [1.82, 2.24) is 0 Å². The summed E-state index contributed by atoms with van der Waals surface area (Å²) in [5, 5.41) is 9.25. The van der Waals surface area contributed by atoms with Crippen molar-refractivity contribution in [3.05, 3.63) is 30.3 Å². The minimum atomic E-state index is -4.94. The zero-order valence-electron chi connectivity index (χ0n) is 10.6. The molecule has 0 aromatic carbocycles. The zero-order valence-corrected chi connectivity index (χ0v) is 10.6. The molecule has 1 aromatic rings. The molecule has 0 amide bonds. The molecule has 0 unspecified atom stereocenters. The van der Waals surface area contributed by atoms with Gasteiger partial charge in [0, 0.05) is 31.9 Å². The van der Waals surface area contributed by atoms with Gasteiger partial charge in [-0.2, -0.15) is 22.1 Å². The van der Waals surface area contributed by atoms with Gasteiger partial charge in [0.15, 0.2) is 12.4 Å². The number of hydrogen-bond donors (Lipinski definition) is 1. The summed E-state index contributed by atoms with van der Waals surface area (Å²) in [5.74, 6) is -13.9. The van der Waals surface area contributed by atoms with Crippen LogP contribution in [0.4, 0.5) is 23.2 Å². The van der Waals surface area contributed by atoms with E-state index in [2.05, 4.69) is 0 Å². The first-order valence-corrected chi connectivity index (χ1v) is 5.54. The predicted molar refractivity (Wildman–Crippen MR) is 61.7 cm³/mol. The molecule has 1 aromatic heterocycles. The van der Waals surface area contributed by atoms with Crippen molar-refractivity contribution in [2.75, 3.05) is 19.0 Å². The second-order valence-corrected chi connectivity index (χ2v) is 4.53. The van der Waals surface area contributed by atoms with Gasteiger partial charge in [-0.3, -0.25) is 4.79 Å². The summed E-state index contributed by atoms with van der Waals surface area (Å²) in [5.41, 5.74) is -0.449. The van der Waals surface area contributed by atoms with E-state index in [1.165, 1.54) is 12.1 Å². The van der Waals surface area contributed by atoms with E-state index in [9.17, 15) is 27.5 Å². The molecular weight excluding hydrogens is 280 g/mol. The molecule has 0 radical (unpaired) electrons. The molecule has 0 fully saturated rings. The molecular formula is C12H11F4N2O2+. The smallest absolute Gasteiger partial charge is 0.385 e. The van der Waals surface area contributed by atoms with Crippen LogP contribution < -0.4 is 9.47 Å². The zero-order chi connectivity index (χ0) is 15.3. The summed E-state index contributed by atoms with van der Waals surface area (Å²) < 4.78 is 53.5. The lowest BCUT2D eigenvalue weighted by Gasteiger charge is -2.15. The van der Waals surface area contributed by atoms with Gasteiger partial charge in [-0.05, 0) is 0 Å². The van der Waals surface area contributed by atoms with Crippen molar-refractivity contribution < 1.29 is 32.0 Å². The van der Waals surface area contributed by atoms with E-state index in [1.807, 2.05) is 0 Å². The highest BCUT2D eigenvalue weighted by molar-refractivity contribution is 6.19. The third-order valence-electron chi connectivity index (χ3n) is 3.00. The van der Waals surface area contributed by atoms with Gasteiger partial charge in [-0.15, -0.1) is 0 Å². The van der Waals surface area contributed by atoms with Crippen molar-refractivity contribution in [1.29, 1.82) is 0 Å². The number of pyridine rings is 1. The number of nitrogens with zero attached hydrogens (tertiary/aromatic N) is 2. The number of aliphatic hydroxyl groups is 1. The summed E-state index contributed by atoms with van der Waals surface area (Å²) in [6.45, 7) is 0. The summed E-state index contributed by atoms with van der Waals surface area (Å²) in [6, 6.07) is 2.87. The minimum absolute atomic E-state index is 0.672. The first-order chi connectivity index (χ1) is 9.10. The van der Waals surface area contributed by atoms with Crippen LogP contribution in [-0.2, 0) is 4.79 Å². The molecule has 0 aliphatic heterocycles. The number of alkyl halides is 4. The Balaban J connectivity index is 2.52. The van der Waals surface area contributed by atoms with E-state index in [0.29, 0.717) is 5.69 Å². The maximum absolute atomic E-state index is 13.2. The van der Waals surface area contributed by atoms with Gasteiger partial charge in [0.05, 0.1) is 0 Å². The van der Waals surface area contributed by atoms with Gasteiger partial charge in [-0.1, -0.05) is 0 Å². The Hall–Kier alpha value is -2.12. The lowest BCUT2D eigenvalue weighted by atomic mass is 10.2. The molecule has 0 saturated heterocycles. The monoisotopic (exact) mass is 291 g/mol. The lowest BCUT2D eigenvalue weighted by Crippen LogP contribution is -2.44. The SMILES string of the molecule is CN(C)c1cc[n+](C2=C(O)C(F)(F)C(F)(F)C2=O)cc1. The van der Waals surface area contributed by atoms with Crippen LogP contribution in [0.15, 0.2) is 30.3 Å². The van der Waals surface area contributed by atoms with Crippen LogP contribution in [0.5, 0.6) is 0 Å². The number of rotatable bonds is 2. The Kier molecular flexibility index (Phi) is 2.99. The van der Waals surface area contributed by atoms with Crippen molar-refractivity contribution >= 4 is 17.2 Å². The van der Waals surface area contributed by atoms with Crippen LogP contribution in [0, 0.1) is 0 Å². The Bertz CT molecular complexity index is 594. The van der Waals surface area contributed by atoms with Crippen LogP contribution in [-0.4, -0.2) is 36.8 Å². The average Bonchev–Trinajstić information content (AvgIpc) is 2.49. The highest BCUT2D eigenvalue weighted by Gasteiger charge is 2.74. The number of aromatic nitrogens is 1. The van der Waals surface area contributed by atoms with Crippen LogP contribution in [0.1, 0.15) is 0 Å². The number of Topliss-reactive ketones (excluding diaryl/α,β-unsaturated/α-hetero) is 1. The van der Waals surface area contributed by atoms with Gasteiger partial charge >= 0.3 is 23.3 Å². The fourth-order valence-electron chi connectivity index (χ4n) is 1.80. The third kappa shape index (κ3) is 1.75. The molecule has 2 rings (SSSR count). The van der Waals surface area contributed by atoms with E-state index in [1.54, 1.807) is 19.0 Å². The normalized spacial score (nSPS) is 20.4. The molecule has 20 heavy (non-hydrogen) atoms. The first-order valence-electron chi connectivity index (χ1n) is 5.54. The van der Waals surface area contributed by atoms with E-state index in [-0.39, 0.29) is 0 Å². The van der Waals surface area contributed by atoms with Crippen molar-refractivity contribution in [2.45, 2.75) is 11.8 Å². The number of halogens is 4. The average molecular weight is 291 g/mol. The van der Waals surface area contributed by atoms with Gasteiger partial charge in [-0.25, -0.2) is 0 Å². The Morgan fingerprint density at radius 2 is 1.60 bits per heavy atom. The van der Waals surface area contributed by atoms with E-state index >= 15 is 0 Å². The molecule has 0 bridgehead atoms. The Morgan fingerprint density at radius 3 is 1.95 bits per heavy atom. The van der Waals surface area contributed by atoms with Crippen LogP contribution in [0.3, 0.4) is 0 Å². The highest BCUT2D eigenvalue weighted by Crippen LogP contribution is 2.47. The maximum atomic E-state index is 13.2. The lowest BCUT2D eigenvalue weighted by molar-refractivity contribution is -0.578. The summed E-state index contributed by atoms with van der Waals surface area (Å²) >= 11 is 0. The standard InChI is InChI=1S/C12H10F4N2O2/c1-17(2)7-3-5-18(6-4-7)8-9(19)11(13,14)12(15,16)10(8)20/h3-6H,1-2H3/p+1. The molecule has 108 valence electrons. The molecule has 1 aliphatic rings. The molecule has 4 nitrogen and oxygen atoms in total. The Labute approximate surface area is 111 Å². The molecule has 1 N–H and O–H groups in total. The topological polar surface area (TPSA) is 44.4 Å². The number of anilines is 1. The number of ketones is 1. The summed E-state index contributed by atoms with van der Waals surface area (Å²) in [7, 11) is 3.44. The molecule has 1 heterocycles. The Morgan fingerprint density at radius 1 is 1.10 bits per heavy atom. The van der Waals surface area contributed by atoms with E-state index in [0.717, 1.165) is 17.0 Å². The van der Waals surface area contributed by atoms with Crippen LogP contribution in [0.25, 0.3) is 5.70 Å². The number of carbonyl (C=O) groups is 1. The van der Waals surface area contributed by atoms with Crippen LogP contribution in [0.2, 0.25) is 0 Å². The first kappa shape index (κ1) is 14.3. The molecule has 0 spiro atoms. The third-order valence-corrected chi connectivity index (χ3v) is 3.00. The number of allylic oxidation sites excluding steroid dienone is 2. The fourth-order valence-corrected chi connectivity index (χ4v) is 1.80. The van der Waals surface area contributed by atoms with Crippen molar-refractivity contribution in [3.8, 4) is 0 Å². The molecule has 0 atom stereocenters. The molecule has 1 aliphatic carbocycles. The van der Waals surface area contributed by atoms with Crippen LogP contribution >= 0.6 is 0 Å². The quantitative estimate of drug-likeness (QED) is 0.665. The minimum Gasteiger partial charge on any atom is -0.501 e. The van der Waals surface area contributed by atoms with Gasteiger partial charge < -0.3 is 10.0 Å². The molecule has 8 heteroatoms. The largest absolute Gasteiger partial charge is 0.501 e. The second kappa shape index (κ2) is 4.19. The summed E-state index contributed by atoms with van der Waals surface area (Å²) in [6.07, 6.45) is 2.30. The number of aliphatic hydroxyl groups excluding tert-OH is 1. The van der Waals surface area contributed by atoms with E-state index < -0.39 is 29.1 Å². The number of carbonyl (C=O) groups excluding carboxylic acids is 1. The van der Waals surface area contributed by atoms with E-state index in [4.69, 9.17) is 0 Å². The van der Waals surface area contributed by atoms with Crippen molar-refractivity contribution in [3.63, 3.8) is 0 Å².